The number of carbonyl (C=O) groups excluding carboxylic acids is 1. The van der Waals surface area contributed by atoms with Gasteiger partial charge in [0.2, 0.25) is 11.7 Å². The number of ether oxygens (including phenoxy) is 1. The molecule has 0 unspecified atom stereocenters. The van der Waals surface area contributed by atoms with Crippen LogP contribution >= 0.6 is 0 Å². The van der Waals surface area contributed by atoms with E-state index in [2.05, 4.69) is 20.0 Å². The summed E-state index contributed by atoms with van der Waals surface area (Å²) in [6, 6.07) is 4.41. The van der Waals surface area contributed by atoms with Gasteiger partial charge >= 0.3 is 12.1 Å². The minimum atomic E-state index is -4.71. The van der Waals surface area contributed by atoms with E-state index in [1.54, 1.807) is 6.92 Å². The molecule has 6 nitrogen and oxygen atoms in total. The number of aromatic nitrogens is 2. The molecule has 1 aromatic heterocycles. The first-order valence-electron chi connectivity index (χ1n) is 6.24. The Morgan fingerprint density at radius 3 is 2.68 bits per heavy atom. The molecule has 2 rings (SSSR count). The SMILES string of the molecule is CCC(=O)Nc1ccc(-c2noc(C(F)(F)F)n2)c(OC)c1. The zero-order valence-corrected chi connectivity index (χ0v) is 11.7. The molecule has 0 saturated heterocycles. The van der Waals surface area contributed by atoms with Gasteiger partial charge in [-0.05, 0) is 12.1 Å². The second-order valence-electron chi connectivity index (χ2n) is 4.24. The molecule has 1 aromatic carbocycles. The molecule has 0 atom stereocenters. The summed E-state index contributed by atoms with van der Waals surface area (Å²) in [6.07, 6.45) is -4.42. The first-order valence-corrected chi connectivity index (χ1v) is 6.24. The van der Waals surface area contributed by atoms with E-state index in [0.29, 0.717) is 12.1 Å². The molecule has 0 spiro atoms. The van der Waals surface area contributed by atoms with Crippen LogP contribution < -0.4 is 10.1 Å². The van der Waals surface area contributed by atoms with Crippen molar-refractivity contribution in [3.63, 3.8) is 0 Å². The van der Waals surface area contributed by atoms with Gasteiger partial charge in [-0.1, -0.05) is 12.1 Å². The first-order chi connectivity index (χ1) is 10.3. The van der Waals surface area contributed by atoms with Gasteiger partial charge in [0.1, 0.15) is 5.75 Å². The highest BCUT2D eigenvalue weighted by atomic mass is 19.4. The Labute approximate surface area is 123 Å². The minimum Gasteiger partial charge on any atom is -0.496 e. The van der Waals surface area contributed by atoms with Gasteiger partial charge in [-0.15, -0.1) is 0 Å². The number of nitrogens with one attached hydrogen (secondary N) is 1. The van der Waals surface area contributed by atoms with Crippen molar-refractivity contribution in [3.8, 4) is 17.1 Å². The Kier molecular flexibility index (Phi) is 4.34. The number of benzene rings is 1. The second kappa shape index (κ2) is 6.04. The molecule has 0 saturated carbocycles. The molecule has 0 bridgehead atoms. The summed E-state index contributed by atoms with van der Waals surface area (Å²) in [4.78, 5) is 14.6. The van der Waals surface area contributed by atoms with Crippen molar-refractivity contribution in [2.75, 3.05) is 12.4 Å². The summed E-state index contributed by atoms with van der Waals surface area (Å²) in [5.74, 6) is -1.68. The van der Waals surface area contributed by atoms with E-state index in [0.717, 1.165) is 0 Å². The fraction of sp³-hybridized carbons (Fsp3) is 0.308. The summed E-state index contributed by atoms with van der Waals surface area (Å²) in [5.41, 5.74) is 0.670. The van der Waals surface area contributed by atoms with Gasteiger partial charge in [0.15, 0.2) is 0 Å². The van der Waals surface area contributed by atoms with Crippen LogP contribution in [0.5, 0.6) is 5.75 Å². The van der Waals surface area contributed by atoms with Gasteiger partial charge in [0, 0.05) is 18.2 Å². The van der Waals surface area contributed by atoms with Crippen LogP contribution in [0.15, 0.2) is 22.7 Å². The zero-order valence-electron chi connectivity index (χ0n) is 11.7. The Morgan fingerprint density at radius 2 is 2.14 bits per heavy atom. The lowest BCUT2D eigenvalue weighted by atomic mass is 10.1. The molecule has 0 aliphatic carbocycles. The zero-order chi connectivity index (χ0) is 16.3. The van der Waals surface area contributed by atoms with Crippen molar-refractivity contribution in [3.05, 3.63) is 24.1 Å². The first kappa shape index (κ1) is 15.8. The third kappa shape index (κ3) is 3.35. The van der Waals surface area contributed by atoms with Crippen molar-refractivity contribution in [1.82, 2.24) is 10.1 Å². The summed E-state index contributed by atoms with van der Waals surface area (Å²) < 4.78 is 46.7. The second-order valence-corrected chi connectivity index (χ2v) is 4.24. The van der Waals surface area contributed by atoms with Gasteiger partial charge in [-0.2, -0.15) is 18.2 Å². The molecule has 22 heavy (non-hydrogen) atoms. The topological polar surface area (TPSA) is 77.3 Å². The Morgan fingerprint density at radius 1 is 1.41 bits per heavy atom. The van der Waals surface area contributed by atoms with E-state index in [1.807, 2.05) is 0 Å². The van der Waals surface area contributed by atoms with Crippen LogP contribution in [-0.4, -0.2) is 23.2 Å². The van der Waals surface area contributed by atoms with Crippen LogP contribution in [0.4, 0.5) is 18.9 Å². The third-order valence-electron chi connectivity index (χ3n) is 2.72. The summed E-state index contributed by atoms with van der Waals surface area (Å²) in [6.45, 7) is 1.69. The van der Waals surface area contributed by atoms with E-state index < -0.39 is 12.1 Å². The normalized spacial score (nSPS) is 11.3. The minimum absolute atomic E-state index is 0.200. The van der Waals surface area contributed by atoms with Gasteiger partial charge in [-0.3, -0.25) is 4.79 Å². The average Bonchev–Trinajstić information content (AvgIpc) is 2.96. The standard InChI is InChI=1S/C13H12F3N3O3/c1-3-10(20)17-7-4-5-8(9(6-7)21-2)11-18-12(22-19-11)13(14,15)16/h4-6H,3H2,1-2H3,(H,17,20). The molecule has 1 heterocycles. The van der Waals surface area contributed by atoms with Crippen molar-refractivity contribution >= 4 is 11.6 Å². The van der Waals surface area contributed by atoms with Crippen LogP contribution in [-0.2, 0) is 11.0 Å². The molecule has 2 aromatic rings. The third-order valence-corrected chi connectivity index (χ3v) is 2.72. The number of anilines is 1. The fourth-order valence-corrected chi connectivity index (χ4v) is 1.65. The molecular weight excluding hydrogens is 303 g/mol. The monoisotopic (exact) mass is 315 g/mol. The molecule has 0 radical (unpaired) electrons. The van der Waals surface area contributed by atoms with Gasteiger partial charge in [0.25, 0.3) is 0 Å². The largest absolute Gasteiger partial charge is 0.496 e. The number of nitrogens with zero attached hydrogens (tertiary/aromatic N) is 2. The lowest BCUT2D eigenvalue weighted by Crippen LogP contribution is -2.09. The predicted molar refractivity (Wildman–Crippen MR) is 70.2 cm³/mol. The van der Waals surface area contributed by atoms with Gasteiger partial charge < -0.3 is 14.6 Å². The number of amides is 1. The number of alkyl halides is 3. The number of carbonyl (C=O) groups is 1. The summed E-state index contributed by atoms with van der Waals surface area (Å²) in [5, 5.41) is 5.91. The van der Waals surface area contributed by atoms with Crippen LogP contribution in [0.1, 0.15) is 19.2 Å². The molecule has 0 aliphatic rings. The molecular formula is C13H12F3N3O3. The molecule has 0 fully saturated rings. The number of hydrogen-bond acceptors (Lipinski definition) is 5. The van der Waals surface area contributed by atoms with Crippen LogP contribution in [0.2, 0.25) is 0 Å². The maximum absolute atomic E-state index is 12.5. The lowest BCUT2D eigenvalue weighted by Gasteiger charge is -2.09. The van der Waals surface area contributed by atoms with E-state index >= 15 is 0 Å². The Hall–Kier alpha value is -2.58. The number of halogens is 3. The summed E-state index contributed by atoms with van der Waals surface area (Å²) in [7, 11) is 1.34. The maximum Gasteiger partial charge on any atom is 0.471 e. The number of methoxy groups -OCH3 is 1. The van der Waals surface area contributed by atoms with Crippen molar-refractivity contribution in [2.24, 2.45) is 0 Å². The summed E-state index contributed by atoms with van der Waals surface area (Å²) >= 11 is 0. The Balaban J connectivity index is 2.35. The van der Waals surface area contributed by atoms with Gasteiger partial charge in [0.05, 0.1) is 12.7 Å². The Bertz CT molecular complexity index is 683. The highest BCUT2D eigenvalue weighted by Gasteiger charge is 2.38. The highest BCUT2D eigenvalue weighted by Crippen LogP contribution is 2.34. The molecule has 1 amide bonds. The van der Waals surface area contributed by atoms with E-state index in [4.69, 9.17) is 4.74 Å². The highest BCUT2D eigenvalue weighted by molar-refractivity contribution is 5.91. The van der Waals surface area contributed by atoms with E-state index in [-0.39, 0.29) is 23.0 Å². The van der Waals surface area contributed by atoms with E-state index in [1.165, 1.54) is 25.3 Å². The van der Waals surface area contributed by atoms with Crippen molar-refractivity contribution in [2.45, 2.75) is 19.5 Å². The van der Waals surface area contributed by atoms with Gasteiger partial charge in [-0.25, -0.2) is 0 Å². The van der Waals surface area contributed by atoms with Crippen molar-refractivity contribution < 1.29 is 27.2 Å². The quantitative estimate of drug-likeness (QED) is 0.938. The van der Waals surface area contributed by atoms with Crippen LogP contribution in [0.25, 0.3) is 11.4 Å². The smallest absolute Gasteiger partial charge is 0.471 e. The average molecular weight is 315 g/mol. The van der Waals surface area contributed by atoms with Crippen LogP contribution in [0.3, 0.4) is 0 Å². The van der Waals surface area contributed by atoms with Crippen molar-refractivity contribution in [1.29, 1.82) is 0 Å². The number of rotatable bonds is 4. The molecule has 9 heteroatoms. The predicted octanol–water partition coefficient (Wildman–Crippen LogP) is 3.11. The maximum atomic E-state index is 12.5. The fourth-order valence-electron chi connectivity index (χ4n) is 1.65. The van der Waals surface area contributed by atoms with E-state index in [9.17, 15) is 18.0 Å². The van der Waals surface area contributed by atoms with Crippen LogP contribution in [0, 0.1) is 0 Å². The lowest BCUT2D eigenvalue weighted by molar-refractivity contribution is -0.159. The molecule has 0 aliphatic heterocycles. The number of hydrogen-bond donors (Lipinski definition) is 1. The molecule has 118 valence electrons. The molecule has 1 N–H and O–H groups in total.